The number of piperazine rings is 1. The lowest BCUT2D eigenvalue weighted by atomic mass is 10.1. The van der Waals surface area contributed by atoms with Crippen molar-refractivity contribution in [2.24, 2.45) is 0 Å². The first kappa shape index (κ1) is 19.3. The zero-order valence-corrected chi connectivity index (χ0v) is 15.0. The van der Waals surface area contributed by atoms with Gasteiger partial charge in [-0.25, -0.2) is 4.39 Å². The molecule has 2 aromatic rings. The van der Waals surface area contributed by atoms with E-state index < -0.39 is 10.7 Å². The highest BCUT2D eigenvalue weighted by Gasteiger charge is 2.26. The molecule has 0 aliphatic carbocycles. The van der Waals surface area contributed by atoms with Crippen molar-refractivity contribution in [1.82, 2.24) is 9.80 Å². The Labute approximate surface area is 160 Å². The van der Waals surface area contributed by atoms with Crippen molar-refractivity contribution >= 4 is 23.2 Å². The van der Waals surface area contributed by atoms with Crippen molar-refractivity contribution in [1.29, 1.82) is 0 Å². The molecule has 0 bridgehead atoms. The number of carbonyl (C=O) groups is 2. The second-order valence-corrected chi connectivity index (χ2v) is 6.47. The number of carbonyl (C=O) groups excluding carboxylic acids is 2. The van der Waals surface area contributed by atoms with Crippen LogP contribution in [0.15, 0.2) is 42.5 Å². The number of nitrogens with zero attached hydrogens (tertiary/aromatic N) is 3. The molecule has 2 aromatic carbocycles. The zero-order chi connectivity index (χ0) is 20.3. The number of nitrogen functional groups attached to an aromatic ring is 1. The van der Waals surface area contributed by atoms with Crippen LogP contribution in [0.3, 0.4) is 0 Å². The minimum Gasteiger partial charge on any atom is -0.393 e. The van der Waals surface area contributed by atoms with Gasteiger partial charge in [-0.15, -0.1) is 0 Å². The van der Waals surface area contributed by atoms with Gasteiger partial charge in [0.2, 0.25) is 5.91 Å². The first-order valence-electron chi connectivity index (χ1n) is 8.71. The van der Waals surface area contributed by atoms with E-state index in [1.165, 1.54) is 23.1 Å². The number of amides is 2. The van der Waals surface area contributed by atoms with Crippen LogP contribution in [0.25, 0.3) is 0 Å². The number of benzene rings is 2. The first-order valence-corrected chi connectivity index (χ1v) is 8.71. The summed E-state index contributed by atoms with van der Waals surface area (Å²) in [6.45, 7) is 1.21. The molecule has 1 saturated heterocycles. The van der Waals surface area contributed by atoms with Crippen LogP contribution in [-0.4, -0.2) is 52.7 Å². The van der Waals surface area contributed by atoms with Crippen LogP contribution in [0, 0.1) is 15.9 Å². The predicted octanol–water partition coefficient (Wildman–Crippen LogP) is 1.84. The van der Waals surface area contributed by atoms with Crippen molar-refractivity contribution in [3.05, 3.63) is 69.5 Å². The molecule has 9 heteroatoms. The molecule has 0 atom stereocenters. The van der Waals surface area contributed by atoms with Crippen molar-refractivity contribution in [3.63, 3.8) is 0 Å². The fourth-order valence-electron chi connectivity index (χ4n) is 3.09. The van der Waals surface area contributed by atoms with Crippen LogP contribution in [0.5, 0.6) is 0 Å². The fourth-order valence-corrected chi connectivity index (χ4v) is 3.09. The number of nitro benzene ring substituents is 1. The third kappa shape index (κ3) is 4.08. The molecule has 2 N–H and O–H groups in total. The van der Waals surface area contributed by atoms with Crippen LogP contribution in [0.2, 0.25) is 0 Å². The summed E-state index contributed by atoms with van der Waals surface area (Å²) < 4.78 is 13.7. The lowest BCUT2D eigenvalue weighted by Gasteiger charge is -2.35. The summed E-state index contributed by atoms with van der Waals surface area (Å²) in [5.41, 5.74) is 5.74. The maximum Gasteiger partial charge on any atom is 0.292 e. The third-order valence-electron chi connectivity index (χ3n) is 4.69. The van der Waals surface area contributed by atoms with Gasteiger partial charge in [0.25, 0.3) is 11.6 Å². The smallest absolute Gasteiger partial charge is 0.292 e. The molecule has 0 saturated carbocycles. The fraction of sp³-hybridized carbons (Fsp3) is 0.263. The summed E-state index contributed by atoms with van der Waals surface area (Å²) in [5, 5.41) is 11.0. The Hall–Kier alpha value is -3.49. The average Bonchev–Trinajstić information content (AvgIpc) is 2.69. The molecular formula is C19H19FN4O4. The topological polar surface area (TPSA) is 110 Å². The summed E-state index contributed by atoms with van der Waals surface area (Å²) in [4.78, 5) is 38.5. The van der Waals surface area contributed by atoms with Crippen LogP contribution >= 0.6 is 0 Å². The minimum absolute atomic E-state index is 0.00916. The molecule has 0 radical (unpaired) electrons. The Morgan fingerprint density at radius 3 is 2.36 bits per heavy atom. The van der Waals surface area contributed by atoms with Crippen LogP contribution in [-0.2, 0) is 11.2 Å². The van der Waals surface area contributed by atoms with Crippen LogP contribution in [0.4, 0.5) is 15.8 Å². The monoisotopic (exact) mass is 386 g/mol. The summed E-state index contributed by atoms with van der Waals surface area (Å²) in [7, 11) is 0. The molecule has 1 fully saturated rings. The normalized spacial score (nSPS) is 14.0. The second kappa shape index (κ2) is 8.03. The van der Waals surface area contributed by atoms with Gasteiger partial charge in [0.1, 0.15) is 11.5 Å². The average molecular weight is 386 g/mol. The maximum absolute atomic E-state index is 13.7. The largest absolute Gasteiger partial charge is 0.393 e. The number of hydrogen-bond donors (Lipinski definition) is 1. The van der Waals surface area contributed by atoms with Gasteiger partial charge in [-0.2, -0.15) is 0 Å². The van der Waals surface area contributed by atoms with E-state index >= 15 is 0 Å². The van der Waals surface area contributed by atoms with Crippen LogP contribution < -0.4 is 5.73 Å². The number of nitro groups is 1. The lowest BCUT2D eigenvalue weighted by molar-refractivity contribution is -0.383. The van der Waals surface area contributed by atoms with E-state index in [0.29, 0.717) is 31.7 Å². The number of rotatable bonds is 4. The number of anilines is 1. The van der Waals surface area contributed by atoms with Gasteiger partial charge >= 0.3 is 0 Å². The lowest BCUT2D eigenvalue weighted by Crippen LogP contribution is -2.51. The Balaban J connectivity index is 1.61. The van der Waals surface area contributed by atoms with Gasteiger partial charge in [-0.05, 0) is 23.8 Å². The van der Waals surface area contributed by atoms with E-state index in [-0.39, 0.29) is 35.2 Å². The summed E-state index contributed by atoms with van der Waals surface area (Å²) >= 11 is 0. The van der Waals surface area contributed by atoms with Gasteiger partial charge in [-0.1, -0.05) is 18.2 Å². The van der Waals surface area contributed by atoms with Crippen LogP contribution in [0.1, 0.15) is 15.9 Å². The molecule has 8 nitrogen and oxygen atoms in total. The zero-order valence-electron chi connectivity index (χ0n) is 15.0. The molecule has 2 amide bonds. The molecule has 146 valence electrons. The van der Waals surface area contributed by atoms with Crippen molar-refractivity contribution in [2.45, 2.75) is 6.42 Å². The summed E-state index contributed by atoms with van der Waals surface area (Å²) in [5.74, 6) is -0.987. The molecule has 3 rings (SSSR count). The Morgan fingerprint density at radius 1 is 1.07 bits per heavy atom. The Kier molecular flexibility index (Phi) is 5.53. The second-order valence-electron chi connectivity index (χ2n) is 6.47. The Bertz CT molecular complexity index is 926. The summed E-state index contributed by atoms with van der Waals surface area (Å²) in [6, 6.07) is 10.1. The quantitative estimate of drug-likeness (QED) is 0.490. The molecule has 1 aliphatic rings. The maximum atomic E-state index is 13.7. The predicted molar refractivity (Wildman–Crippen MR) is 100 cm³/mol. The summed E-state index contributed by atoms with van der Waals surface area (Å²) in [6.07, 6.45) is -0.0369. The number of halogens is 1. The van der Waals surface area contributed by atoms with E-state index in [0.717, 1.165) is 6.07 Å². The molecule has 28 heavy (non-hydrogen) atoms. The molecule has 1 aliphatic heterocycles. The van der Waals surface area contributed by atoms with Crippen molar-refractivity contribution < 1.29 is 18.9 Å². The molecular weight excluding hydrogens is 367 g/mol. The highest BCUT2D eigenvalue weighted by Crippen LogP contribution is 2.23. The molecule has 0 unspecified atom stereocenters. The van der Waals surface area contributed by atoms with E-state index in [4.69, 9.17) is 5.73 Å². The number of nitrogens with two attached hydrogens (primary N) is 1. The van der Waals surface area contributed by atoms with Gasteiger partial charge in [0.05, 0.1) is 11.3 Å². The van der Waals surface area contributed by atoms with E-state index in [1.54, 1.807) is 23.1 Å². The Morgan fingerprint density at radius 2 is 1.71 bits per heavy atom. The van der Waals surface area contributed by atoms with Gasteiger partial charge < -0.3 is 15.5 Å². The SMILES string of the molecule is Nc1ccc(C(=O)N2CCN(C(=O)Cc3ccccc3F)CC2)cc1[N+](=O)[O-]. The van der Waals surface area contributed by atoms with Gasteiger partial charge in [-0.3, -0.25) is 19.7 Å². The molecule has 1 heterocycles. The van der Waals surface area contributed by atoms with Crippen molar-refractivity contribution in [2.75, 3.05) is 31.9 Å². The van der Waals surface area contributed by atoms with E-state index in [2.05, 4.69) is 0 Å². The van der Waals surface area contributed by atoms with Crippen molar-refractivity contribution in [3.8, 4) is 0 Å². The highest BCUT2D eigenvalue weighted by atomic mass is 19.1. The standard InChI is InChI=1S/C19H19FN4O4/c20-15-4-2-1-3-13(15)12-18(25)22-7-9-23(10-8-22)19(26)14-5-6-16(21)17(11-14)24(27)28/h1-6,11H,7-10,12,21H2. The third-order valence-corrected chi connectivity index (χ3v) is 4.69. The number of hydrogen-bond acceptors (Lipinski definition) is 5. The highest BCUT2D eigenvalue weighted by molar-refractivity contribution is 5.95. The molecule has 0 aromatic heterocycles. The first-order chi connectivity index (χ1) is 13.4. The van der Waals surface area contributed by atoms with E-state index in [1.807, 2.05) is 0 Å². The minimum atomic E-state index is -0.634. The van der Waals surface area contributed by atoms with Gasteiger partial charge in [0, 0.05) is 37.8 Å². The van der Waals surface area contributed by atoms with Gasteiger partial charge in [0.15, 0.2) is 0 Å². The van der Waals surface area contributed by atoms with E-state index in [9.17, 15) is 24.1 Å². The molecule has 0 spiro atoms.